The largest absolute Gasteiger partial charge is 0.508 e. The molecule has 1 aliphatic heterocycles. The van der Waals surface area contributed by atoms with Gasteiger partial charge in [-0.1, -0.05) is 11.6 Å². The molecular weight excluding hydrogens is 336 g/mol. The van der Waals surface area contributed by atoms with Crippen molar-refractivity contribution in [3.63, 3.8) is 0 Å². The third kappa shape index (κ3) is 3.18. The Balaban J connectivity index is 2.06. The van der Waals surface area contributed by atoms with Crippen molar-refractivity contribution < 1.29 is 29.6 Å². The van der Waals surface area contributed by atoms with Gasteiger partial charge in [0.25, 0.3) is 0 Å². The SMILES string of the molecule is COc1c(O)cc([C@@H]2CC(=O)c3c(O)cc(O)cc3O2)cc1C=C(C)C. The zero-order chi connectivity index (χ0) is 19.0. The molecule has 0 aromatic heterocycles. The maximum Gasteiger partial charge on any atom is 0.174 e. The van der Waals surface area contributed by atoms with Gasteiger partial charge in [-0.15, -0.1) is 0 Å². The Bertz CT molecular complexity index is 909. The number of ketones is 1. The predicted molar refractivity (Wildman–Crippen MR) is 96.1 cm³/mol. The van der Waals surface area contributed by atoms with E-state index in [1.54, 1.807) is 6.07 Å². The number of phenolic OH excluding ortho intramolecular Hbond substituents is 3. The Labute approximate surface area is 150 Å². The monoisotopic (exact) mass is 356 g/mol. The first-order chi connectivity index (χ1) is 12.3. The molecule has 1 aliphatic rings. The molecule has 26 heavy (non-hydrogen) atoms. The Kier molecular flexibility index (Phi) is 4.50. The topological polar surface area (TPSA) is 96.2 Å². The quantitative estimate of drug-likeness (QED) is 0.771. The maximum absolute atomic E-state index is 12.5. The summed E-state index contributed by atoms with van der Waals surface area (Å²) in [5.41, 5.74) is 2.34. The summed E-state index contributed by atoms with van der Waals surface area (Å²) in [5.74, 6) is -0.412. The predicted octanol–water partition coefficient (Wildman–Crippen LogP) is 3.94. The standard InChI is InChI=1S/C20H20O6/c1-10(2)4-12-5-11(6-16(24)20(12)25-3)17-9-15(23)19-14(22)7-13(21)8-18(19)26-17/h4-8,17,21-22,24H,9H2,1-3H3/t17-/m0/s1. The van der Waals surface area contributed by atoms with Gasteiger partial charge >= 0.3 is 0 Å². The van der Waals surface area contributed by atoms with Gasteiger partial charge in [-0.2, -0.15) is 0 Å². The second kappa shape index (κ2) is 6.63. The van der Waals surface area contributed by atoms with Gasteiger partial charge in [0.1, 0.15) is 28.9 Å². The number of ether oxygens (including phenoxy) is 2. The van der Waals surface area contributed by atoms with E-state index >= 15 is 0 Å². The first-order valence-corrected chi connectivity index (χ1v) is 8.11. The summed E-state index contributed by atoms with van der Waals surface area (Å²) >= 11 is 0. The summed E-state index contributed by atoms with van der Waals surface area (Å²) in [5, 5.41) is 29.8. The minimum absolute atomic E-state index is 0.00532. The van der Waals surface area contributed by atoms with E-state index in [4.69, 9.17) is 9.47 Å². The summed E-state index contributed by atoms with van der Waals surface area (Å²) in [6.45, 7) is 3.84. The number of methoxy groups -OCH3 is 1. The van der Waals surface area contributed by atoms with Crippen LogP contribution in [-0.4, -0.2) is 28.2 Å². The van der Waals surface area contributed by atoms with Gasteiger partial charge in [0.15, 0.2) is 17.3 Å². The Morgan fingerprint density at radius 3 is 2.54 bits per heavy atom. The van der Waals surface area contributed by atoms with Crippen molar-refractivity contribution in [2.75, 3.05) is 7.11 Å². The van der Waals surface area contributed by atoms with Crippen LogP contribution < -0.4 is 9.47 Å². The van der Waals surface area contributed by atoms with Crippen LogP contribution in [-0.2, 0) is 0 Å². The number of aromatic hydroxyl groups is 3. The number of rotatable bonds is 3. The maximum atomic E-state index is 12.5. The molecule has 0 radical (unpaired) electrons. The number of allylic oxidation sites excluding steroid dienone is 1. The normalized spacial score (nSPS) is 15.8. The van der Waals surface area contributed by atoms with Gasteiger partial charge in [0.05, 0.1) is 13.5 Å². The number of phenols is 3. The fourth-order valence-corrected chi connectivity index (χ4v) is 3.10. The van der Waals surface area contributed by atoms with Crippen LogP contribution in [0.2, 0.25) is 0 Å². The highest BCUT2D eigenvalue weighted by molar-refractivity contribution is 6.02. The van der Waals surface area contributed by atoms with Crippen molar-refractivity contribution in [3.05, 3.63) is 46.5 Å². The van der Waals surface area contributed by atoms with E-state index in [1.807, 2.05) is 19.9 Å². The molecule has 0 saturated carbocycles. The van der Waals surface area contributed by atoms with Crippen molar-refractivity contribution in [2.45, 2.75) is 26.4 Å². The number of carbonyl (C=O) groups excluding carboxylic acids is 1. The minimum atomic E-state index is -0.655. The molecule has 2 aromatic rings. The van der Waals surface area contributed by atoms with Gasteiger partial charge < -0.3 is 24.8 Å². The summed E-state index contributed by atoms with van der Waals surface area (Å²) in [7, 11) is 1.47. The van der Waals surface area contributed by atoms with E-state index < -0.39 is 6.10 Å². The molecule has 0 unspecified atom stereocenters. The fraction of sp³-hybridized carbons (Fsp3) is 0.250. The average Bonchev–Trinajstić information content (AvgIpc) is 2.52. The van der Waals surface area contributed by atoms with Crippen molar-refractivity contribution in [3.8, 4) is 28.7 Å². The molecule has 1 heterocycles. The molecule has 0 saturated heterocycles. The highest BCUT2D eigenvalue weighted by Gasteiger charge is 2.31. The van der Waals surface area contributed by atoms with Gasteiger partial charge in [0, 0.05) is 17.7 Å². The molecule has 6 nitrogen and oxygen atoms in total. The number of benzene rings is 2. The molecule has 0 aliphatic carbocycles. The zero-order valence-corrected chi connectivity index (χ0v) is 14.7. The van der Waals surface area contributed by atoms with Crippen LogP contribution in [0.15, 0.2) is 29.8 Å². The molecule has 3 rings (SSSR count). The Morgan fingerprint density at radius 2 is 1.88 bits per heavy atom. The average molecular weight is 356 g/mol. The zero-order valence-electron chi connectivity index (χ0n) is 14.7. The van der Waals surface area contributed by atoms with Crippen LogP contribution in [0.25, 0.3) is 6.08 Å². The molecule has 0 amide bonds. The van der Waals surface area contributed by atoms with E-state index in [9.17, 15) is 20.1 Å². The summed E-state index contributed by atoms with van der Waals surface area (Å²) in [4.78, 5) is 12.5. The van der Waals surface area contributed by atoms with Gasteiger partial charge in [0.2, 0.25) is 0 Å². The molecule has 3 N–H and O–H groups in total. The Morgan fingerprint density at radius 1 is 1.15 bits per heavy atom. The second-order valence-electron chi connectivity index (χ2n) is 6.46. The molecule has 0 spiro atoms. The molecule has 2 aromatic carbocycles. The Hall–Kier alpha value is -3.15. The van der Waals surface area contributed by atoms with E-state index in [-0.39, 0.29) is 40.8 Å². The van der Waals surface area contributed by atoms with Crippen LogP contribution in [0.5, 0.6) is 28.7 Å². The van der Waals surface area contributed by atoms with E-state index in [0.717, 1.165) is 11.6 Å². The number of fused-ring (bicyclic) bond motifs is 1. The van der Waals surface area contributed by atoms with Crippen LogP contribution in [0.1, 0.15) is 47.9 Å². The molecule has 0 fully saturated rings. The molecule has 6 heteroatoms. The van der Waals surface area contributed by atoms with Crippen molar-refractivity contribution in [2.24, 2.45) is 0 Å². The molecule has 0 bridgehead atoms. The van der Waals surface area contributed by atoms with Crippen LogP contribution in [0, 0.1) is 0 Å². The highest BCUT2D eigenvalue weighted by atomic mass is 16.5. The van der Waals surface area contributed by atoms with Crippen molar-refractivity contribution >= 4 is 11.9 Å². The van der Waals surface area contributed by atoms with Crippen LogP contribution in [0.3, 0.4) is 0 Å². The lowest BCUT2D eigenvalue weighted by molar-refractivity contribution is 0.0844. The molecule has 1 atom stereocenters. The first-order valence-electron chi connectivity index (χ1n) is 8.11. The van der Waals surface area contributed by atoms with Gasteiger partial charge in [-0.3, -0.25) is 4.79 Å². The lowest BCUT2D eigenvalue weighted by Crippen LogP contribution is -2.20. The van der Waals surface area contributed by atoms with E-state index in [2.05, 4.69) is 0 Å². The fourth-order valence-electron chi connectivity index (χ4n) is 3.10. The second-order valence-corrected chi connectivity index (χ2v) is 6.46. The summed E-state index contributed by atoms with van der Waals surface area (Å²) in [6, 6.07) is 5.68. The number of hydrogen-bond donors (Lipinski definition) is 3. The highest BCUT2D eigenvalue weighted by Crippen LogP contribution is 2.43. The third-order valence-corrected chi connectivity index (χ3v) is 4.13. The van der Waals surface area contributed by atoms with Crippen LogP contribution >= 0.6 is 0 Å². The molecular formula is C20H20O6. The smallest absolute Gasteiger partial charge is 0.174 e. The van der Waals surface area contributed by atoms with Gasteiger partial charge in [-0.05, 0) is 31.5 Å². The lowest BCUT2D eigenvalue weighted by Gasteiger charge is -2.26. The first kappa shape index (κ1) is 17.7. The molecule has 136 valence electrons. The lowest BCUT2D eigenvalue weighted by atomic mass is 9.94. The third-order valence-electron chi connectivity index (χ3n) is 4.13. The summed E-state index contributed by atoms with van der Waals surface area (Å²) in [6.07, 6.45) is 1.21. The van der Waals surface area contributed by atoms with E-state index in [1.165, 1.54) is 19.2 Å². The van der Waals surface area contributed by atoms with Gasteiger partial charge in [-0.25, -0.2) is 0 Å². The minimum Gasteiger partial charge on any atom is -0.508 e. The number of hydrogen-bond acceptors (Lipinski definition) is 6. The number of carbonyl (C=O) groups is 1. The van der Waals surface area contributed by atoms with Crippen LogP contribution in [0.4, 0.5) is 0 Å². The summed E-state index contributed by atoms with van der Waals surface area (Å²) < 4.78 is 11.1. The van der Waals surface area contributed by atoms with Crippen molar-refractivity contribution in [1.82, 2.24) is 0 Å². The number of Topliss-reactive ketones (excluding diaryl/α,β-unsaturated/α-hetero) is 1. The van der Waals surface area contributed by atoms with Crippen molar-refractivity contribution in [1.29, 1.82) is 0 Å². The van der Waals surface area contributed by atoms with E-state index in [0.29, 0.717) is 16.9 Å².